The van der Waals surface area contributed by atoms with Crippen LogP contribution in [0.2, 0.25) is 0 Å². The fourth-order valence-corrected chi connectivity index (χ4v) is 2.27. The number of amides is 3. The fraction of sp³-hybridized carbons (Fsp3) is 0.824. The summed E-state index contributed by atoms with van der Waals surface area (Å²) in [5, 5.41) is 5.48. The van der Waals surface area contributed by atoms with Crippen molar-refractivity contribution in [2.75, 3.05) is 0 Å². The van der Waals surface area contributed by atoms with E-state index in [2.05, 4.69) is 17.6 Å². The summed E-state index contributed by atoms with van der Waals surface area (Å²) in [5.74, 6) is -1.25. The molecule has 23 heavy (non-hydrogen) atoms. The fourth-order valence-electron chi connectivity index (χ4n) is 2.27. The Kier molecular flexibility index (Phi) is 8.87. The maximum absolute atomic E-state index is 12.4. The molecule has 0 rings (SSSR count). The highest BCUT2D eigenvalue weighted by Gasteiger charge is 2.38. The van der Waals surface area contributed by atoms with Crippen molar-refractivity contribution in [3.63, 3.8) is 0 Å². The smallest absolute Gasteiger partial charge is 0.246 e. The molecule has 0 spiro atoms. The van der Waals surface area contributed by atoms with E-state index in [0.717, 1.165) is 32.1 Å². The van der Waals surface area contributed by atoms with Gasteiger partial charge in [0.25, 0.3) is 0 Å². The standard InChI is InChI=1S/C17H33N3O3/c1-6-7-8-9-10-11-14(22)19-17(5,12-13(18)21)15(23)20-16(2,3)4/h6-12H2,1-5H3,(H2,18,21)(H,19,22)(H,20,23). The Balaban J connectivity index is 4.67. The molecular weight excluding hydrogens is 294 g/mol. The maximum Gasteiger partial charge on any atom is 0.246 e. The second-order valence-electron chi connectivity index (χ2n) is 7.39. The van der Waals surface area contributed by atoms with Crippen LogP contribution in [-0.2, 0) is 14.4 Å². The van der Waals surface area contributed by atoms with Gasteiger partial charge in [0.2, 0.25) is 17.7 Å². The second-order valence-corrected chi connectivity index (χ2v) is 7.39. The molecule has 134 valence electrons. The molecular formula is C17H33N3O3. The Hall–Kier alpha value is -1.59. The highest BCUT2D eigenvalue weighted by atomic mass is 16.2. The van der Waals surface area contributed by atoms with Crippen LogP contribution in [-0.4, -0.2) is 28.8 Å². The van der Waals surface area contributed by atoms with Gasteiger partial charge in [0.1, 0.15) is 5.54 Å². The molecule has 0 aliphatic rings. The molecule has 0 saturated carbocycles. The third-order valence-corrected chi connectivity index (χ3v) is 3.44. The van der Waals surface area contributed by atoms with Gasteiger partial charge >= 0.3 is 0 Å². The van der Waals surface area contributed by atoms with Crippen molar-refractivity contribution in [2.45, 2.75) is 90.6 Å². The Morgan fingerprint density at radius 2 is 1.48 bits per heavy atom. The first-order chi connectivity index (χ1) is 10.5. The molecule has 3 amide bonds. The molecule has 0 aromatic heterocycles. The van der Waals surface area contributed by atoms with Crippen molar-refractivity contribution in [1.29, 1.82) is 0 Å². The van der Waals surface area contributed by atoms with E-state index in [1.165, 1.54) is 6.92 Å². The highest BCUT2D eigenvalue weighted by molar-refractivity contribution is 5.95. The number of hydrogen-bond acceptors (Lipinski definition) is 3. The maximum atomic E-state index is 12.4. The van der Waals surface area contributed by atoms with Crippen molar-refractivity contribution in [3.8, 4) is 0 Å². The van der Waals surface area contributed by atoms with E-state index in [-0.39, 0.29) is 12.3 Å². The topological polar surface area (TPSA) is 101 Å². The van der Waals surface area contributed by atoms with Gasteiger partial charge in [-0.05, 0) is 34.1 Å². The van der Waals surface area contributed by atoms with Crippen LogP contribution in [0.5, 0.6) is 0 Å². The molecule has 0 saturated heterocycles. The van der Waals surface area contributed by atoms with Crippen LogP contribution in [0.3, 0.4) is 0 Å². The van der Waals surface area contributed by atoms with Crippen molar-refractivity contribution in [3.05, 3.63) is 0 Å². The van der Waals surface area contributed by atoms with Crippen LogP contribution in [0.4, 0.5) is 0 Å². The summed E-state index contributed by atoms with van der Waals surface area (Å²) < 4.78 is 0. The Morgan fingerprint density at radius 3 is 1.96 bits per heavy atom. The molecule has 6 nitrogen and oxygen atoms in total. The minimum absolute atomic E-state index is 0.226. The second kappa shape index (κ2) is 9.53. The van der Waals surface area contributed by atoms with Crippen LogP contribution >= 0.6 is 0 Å². The van der Waals surface area contributed by atoms with E-state index in [1.807, 2.05) is 20.8 Å². The number of carbonyl (C=O) groups excluding carboxylic acids is 3. The summed E-state index contributed by atoms with van der Waals surface area (Å²) in [6.45, 7) is 9.19. The molecule has 0 bridgehead atoms. The van der Waals surface area contributed by atoms with E-state index < -0.39 is 22.9 Å². The van der Waals surface area contributed by atoms with Gasteiger partial charge in [0.05, 0.1) is 6.42 Å². The normalized spacial score (nSPS) is 14.0. The number of nitrogens with one attached hydrogen (secondary N) is 2. The van der Waals surface area contributed by atoms with E-state index in [0.29, 0.717) is 6.42 Å². The summed E-state index contributed by atoms with van der Waals surface area (Å²) in [6.07, 6.45) is 5.30. The molecule has 6 heteroatoms. The van der Waals surface area contributed by atoms with Crippen LogP contribution in [0.25, 0.3) is 0 Å². The lowest BCUT2D eigenvalue weighted by atomic mass is 9.93. The SMILES string of the molecule is CCCCCCCC(=O)NC(C)(CC(N)=O)C(=O)NC(C)(C)C. The van der Waals surface area contributed by atoms with E-state index in [4.69, 9.17) is 5.73 Å². The molecule has 0 aromatic carbocycles. The summed E-state index contributed by atoms with van der Waals surface area (Å²) in [6, 6.07) is 0. The first kappa shape index (κ1) is 21.4. The van der Waals surface area contributed by atoms with Crippen LogP contribution in [0, 0.1) is 0 Å². The largest absolute Gasteiger partial charge is 0.370 e. The van der Waals surface area contributed by atoms with Crippen molar-refractivity contribution in [1.82, 2.24) is 10.6 Å². The summed E-state index contributed by atoms with van der Waals surface area (Å²) in [7, 11) is 0. The number of carbonyl (C=O) groups is 3. The van der Waals surface area contributed by atoms with Gasteiger partial charge in [-0.3, -0.25) is 14.4 Å². The third-order valence-electron chi connectivity index (χ3n) is 3.44. The van der Waals surface area contributed by atoms with Gasteiger partial charge in [0.15, 0.2) is 0 Å². The number of primary amides is 1. The van der Waals surface area contributed by atoms with E-state index >= 15 is 0 Å². The lowest BCUT2D eigenvalue weighted by molar-refractivity contribution is -0.136. The first-order valence-corrected chi connectivity index (χ1v) is 8.42. The number of rotatable bonds is 10. The average molecular weight is 327 g/mol. The van der Waals surface area contributed by atoms with Gasteiger partial charge in [-0.25, -0.2) is 0 Å². The average Bonchev–Trinajstić information content (AvgIpc) is 2.35. The highest BCUT2D eigenvalue weighted by Crippen LogP contribution is 2.14. The monoisotopic (exact) mass is 327 g/mol. The van der Waals surface area contributed by atoms with Crippen molar-refractivity contribution in [2.24, 2.45) is 5.73 Å². The minimum Gasteiger partial charge on any atom is -0.370 e. The Labute approximate surface area is 140 Å². The molecule has 0 aromatic rings. The predicted molar refractivity (Wildman–Crippen MR) is 91.6 cm³/mol. The van der Waals surface area contributed by atoms with Crippen LogP contribution in [0.15, 0.2) is 0 Å². The van der Waals surface area contributed by atoms with Gasteiger partial charge in [-0.1, -0.05) is 32.6 Å². The third kappa shape index (κ3) is 9.92. The van der Waals surface area contributed by atoms with Crippen LogP contribution < -0.4 is 16.4 Å². The molecule has 0 fully saturated rings. The lowest BCUT2D eigenvalue weighted by Crippen LogP contribution is -2.61. The first-order valence-electron chi connectivity index (χ1n) is 8.42. The zero-order valence-electron chi connectivity index (χ0n) is 15.3. The van der Waals surface area contributed by atoms with Gasteiger partial charge in [-0.15, -0.1) is 0 Å². The van der Waals surface area contributed by atoms with Gasteiger partial charge in [0, 0.05) is 12.0 Å². The molecule has 0 radical (unpaired) electrons. The molecule has 4 N–H and O–H groups in total. The number of unbranched alkanes of at least 4 members (excludes halogenated alkanes) is 4. The van der Waals surface area contributed by atoms with Crippen LogP contribution in [0.1, 0.15) is 79.6 Å². The Morgan fingerprint density at radius 1 is 0.913 bits per heavy atom. The molecule has 0 aliphatic carbocycles. The van der Waals surface area contributed by atoms with Gasteiger partial charge < -0.3 is 16.4 Å². The summed E-state index contributed by atoms with van der Waals surface area (Å²) in [5.41, 5.74) is 3.46. The predicted octanol–water partition coefficient (Wildman–Crippen LogP) is 2.01. The van der Waals surface area contributed by atoms with Gasteiger partial charge in [-0.2, -0.15) is 0 Å². The molecule has 1 unspecified atom stereocenters. The molecule has 1 atom stereocenters. The Bertz CT molecular complexity index is 416. The zero-order valence-corrected chi connectivity index (χ0v) is 15.3. The van der Waals surface area contributed by atoms with Crippen molar-refractivity contribution < 1.29 is 14.4 Å². The van der Waals surface area contributed by atoms with E-state index in [1.54, 1.807) is 0 Å². The lowest BCUT2D eigenvalue weighted by Gasteiger charge is -2.32. The van der Waals surface area contributed by atoms with Crippen molar-refractivity contribution >= 4 is 17.7 Å². The molecule has 0 aliphatic heterocycles. The number of nitrogens with two attached hydrogens (primary N) is 1. The minimum atomic E-state index is -1.32. The van der Waals surface area contributed by atoms with E-state index in [9.17, 15) is 14.4 Å². The summed E-state index contributed by atoms with van der Waals surface area (Å²) in [4.78, 5) is 35.8. The zero-order chi connectivity index (χ0) is 18.1. The summed E-state index contributed by atoms with van der Waals surface area (Å²) >= 11 is 0. The molecule has 0 heterocycles. The quantitative estimate of drug-likeness (QED) is 0.535. The number of hydrogen-bond donors (Lipinski definition) is 3.